The number of benzene rings is 1. The molecule has 24 nitrogen and oxygen atoms in total. The van der Waals surface area contributed by atoms with Crippen LogP contribution >= 0.6 is 0 Å². The molecule has 0 saturated carbocycles. The highest BCUT2D eigenvalue weighted by Crippen LogP contribution is 2.42. The fraction of sp³-hybridized carbons (Fsp3) is 0.644. The molecule has 4 fully saturated rings. The lowest BCUT2D eigenvalue weighted by atomic mass is 9.86. The third kappa shape index (κ3) is 9.70. The van der Waals surface area contributed by atoms with E-state index in [2.05, 4.69) is 16.0 Å². The van der Waals surface area contributed by atoms with Crippen LogP contribution in [0.3, 0.4) is 0 Å². The highest BCUT2D eigenvalue weighted by atomic mass is 32.3. The van der Waals surface area contributed by atoms with Gasteiger partial charge >= 0.3 is 22.5 Å². The van der Waals surface area contributed by atoms with E-state index in [1.807, 2.05) is 17.0 Å². The minimum Gasteiger partial charge on any atom is -0.458 e. The first kappa shape index (κ1) is 52.0. The number of carbonyl (C=O) groups is 2. The standard InChI is InChI=1S/C33H38N4O6.C12H22O14S/c1-3-22-23-16-21(43-32(40)36-14-10-20(11-15-36)35-12-6-5-7-13-35)8-9-27(23)34-29-24(22)18-37-28(29)17-26-25(30(37)38)19-42-31(39)33(26,41)4-2;13-1-4-6(16)8(18)9(19)11(23-4)25-12(3-15)10(26-27(20,21)22)7(17)5(2-14)24-12/h8-9,16-17,20,41H,3-7,10-15,18-19H2,1-2H3;4-11,13-19H,1-3H2,(H,20,21,22)/t33-;4-,5-,6-,7-,8+,9-,10+,11-,12+/m01/s1. The molecule has 10 atom stereocenters. The van der Waals surface area contributed by atoms with Crippen LogP contribution < -0.4 is 10.3 Å². The molecular weight excluding hydrogens is 949 g/mol. The number of esters is 1. The summed E-state index contributed by atoms with van der Waals surface area (Å²) in [5.74, 6) is -2.84. The molecule has 1 amide bonds. The number of aliphatic hydroxyl groups is 8. The average Bonchev–Trinajstić information content (AvgIpc) is 3.85. The first-order chi connectivity index (χ1) is 33.3. The average molecular weight is 1010 g/mol. The molecule has 0 unspecified atom stereocenters. The molecule has 1 aromatic carbocycles. The number of carbonyl (C=O) groups excluding carboxylic acids is 2. The molecule has 9 rings (SSSR count). The van der Waals surface area contributed by atoms with E-state index in [0.29, 0.717) is 60.4 Å². The molecule has 0 radical (unpaired) electrons. The largest absolute Gasteiger partial charge is 0.458 e. The predicted octanol–water partition coefficient (Wildman–Crippen LogP) is -1.48. The van der Waals surface area contributed by atoms with Crippen molar-refractivity contribution >= 4 is 33.4 Å². The lowest BCUT2D eigenvalue weighted by Gasteiger charge is -2.43. The molecule has 70 heavy (non-hydrogen) atoms. The van der Waals surface area contributed by atoms with Crippen molar-refractivity contribution in [2.45, 2.75) is 138 Å². The molecular formula is C45H60N4O20S. The third-order valence-corrected chi connectivity index (χ3v) is 14.7. The molecule has 0 spiro atoms. The van der Waals surface area contributed by atoms with Gasteiger partial charge in [0.15, 0.2) is 18.0 Å². The Bertz CT molecular complexity index is 2600. The summed E-state index contributed by atoms with van der Waals surface area (Å²) in [5, 5.41) is 79.7. The topological polar surface area (TPSA) is 347 Å². The zero-order valence-electron chi connectivity index (χ0n) is 38.5. The van der Waals surface area contributed by atoms with Gasteiger partial charge in [-0.05, 0) is 81.4 Å². The van der Waals surface area contributed by atoms with Crippen LogP contribution in [-0.2, 0) is 63.5 Å². The molecule has 4 saturated heterocycles. The summed E-state index contributed by atoms with van der Waals surface area (Å²) in [7, 11) is -5.19. The number of fused-ring (bicyclic) bond motifs is 5. The first-order valence-corrected chi connectivity index (χ1v) is 24.7. The number of aryl methyl sites for hydroxylation is 1. The zero-order chi connectivity index (χ0) is 50.4. The fourth-order valence-electron chi connectivity index (χ4n) is 10.3. The van der Waals surface area contributed by atoms with Crippen molar-refractivity contribution in [3.05, 3.63) is 56.9 Å². The van der Waals surface area contributed by atoms with E-state index in [1.165, 1.54) is 32.4 Å². The van der Waals surface area contributed by atoms with Crippen LogP contribution in [0.5, 0.6) is 5.75 Å². The van der Waals surface area contributed by atoms with Crippen molar-refractivity contribution in [3.8, 4) is 17.1 Å². The zero-order valence-corrected chi connectivity index (χ0v) is 39.3. The minimum absolute atomic E-state index is 0.0951. The van der Waals surface area contributed by atoms with E-state index < -0.39 is 96.6 Å². The molecule has 0 bridgehead atoms. The van der Waals surface area contributed by atoms with E-state index in [-0.39, 0.29) is 24.7 Å². The van der Waals surface area contributed by atoms with E-state index in [9.17, 15) is 58.5 Å². The van der Waals surface area contributed by atoms with E-state index in [0.717, 1.165) is 34.9 Å². The minimum atomic E-state index is -5.19. The number of piperidine rings is 2. The second kappa shape index (κ2) is 20.7. The van der Waals surface area contributed by atoms with Gasteiger partial charge < -0.3 is 78.9 Å². The number of cyclic esters (lactones) is 1. The summed E-state index contributed by atoms with van der Waals surface area (Å²) < 4.78 is 63.4. The van der Waals surface area contributed by atoms with Gasteiger partial charge in [-0.25, -0.2) is 18.8 Å². The third-order valence-electron chi connectivity index (χ3n) is 14.2. The molecule has 6 aliphatic heterocycles. The number of aromatic nitrogens is 2. The van der Waals surface area contributed by atoms with Crippen LogP contribution in [0, 0.1) is 0 Å². The van der Waals surface area contributed by atoms with Gasteiger partial charge in [-0.2, -0.15) is 8.42 Å². The summed E-state index contributed by atoms with van der Waals surface area (Å²) in [6, 6.07) is 7.77. The predicted molar refractivity (Wildman–Crippen MR) is 239 cm³/mol. The Labute approximate surface area is 401 Å². The number of hydrogen-bond acceptors (Lipinski definition) is 21. The van der Waals surface area contributed by atoms with Crippen LogP contribution in [0.25, 0.3) is 22.3 Å². The van der Waals surface area contributed by atoms with Gasteiger partial charge in [0.2, 0.25) is 5.79 Å². The van der Waals surface area contributed by atoms with Crippen LogP contribution in [0.4, 0.5) is 4.79 Å². The van der Waals surface area contributed by atoms with Gasteiger partial charge in [-0.3, -0.25) is 9.35 Å². The van der Waals surface area contributed by atoms with Crippen LogP contribution in [0.1, 0.15) is 74.6 Å². The summed E-state index contributed by atoms with van der Waals surface area (Å²) in [5.41, 5.74) is 2.38. The molecule has 386 valence electrons. The number of likely N-dealkylation sites (tertiary alicyclic amines) is 2. The molecule has 9 N–H and O–H groups in total. The second-order valence-corrected chi connectivity index (χ2v) is 19.3. The van der Waals surface area contributed by atoms with Gasteiger partial charge in [-0.15, -0.1) is 0 Å². The van der Waals surface area contributed by atoms with Crippen molar-refractivity contribution in [3.63, 3.8) is 0 Å². The number of aliphatic hydroxyl groups excluding tert-OH is 7. The molecule has 0 aliphatic carbocycles. The van der Waals surface area contributed by atoms with Crippen LogP contribution in [0.15, 0.2) is 29.1 Å². The van der Waals surface area contributed by atoms with Crippen molar-refractivity contribution < 1.29 is 91.3 Å². The summed E-state index contributed by atoms with van der Waals surface area (Å²) in [6.07, 6.45) is -8.11. The van der Waals surface area contributed by atoms with Crippen molar-refractivity contribution in [1.82, 2.24) is 19.4 Å². The van der Waals surface area contributed by atoms with Gasteiger partial charge in [0, 0.05) is 35.6 Å². The maximum Gasteiger partial charge on any atom is 0.415 e. The highest BCUT2D eigenvalue weighted by molar-refractivity contribution is 7.80. The van der Waals surface area contributed by atoms with Crippen molar-refractivity contribution in [2.24, 2.45) is 0 Å². The fourth-order valence-corrected chi connectivity index (χ4v) is 10.9. The maximum atomic E-state index is 13.6. The van der Waals surface area contributed by atoms with E-state index in [4.69, 9.17) is 38.3 Å². The lowest BCUT2D eigenvalue weighted by Crippen LogP contribution is -2.63. The van der Waals surface area contributed by atoms with E-state index >= 15 is 0 Å². The monoisotopic (exact) mass is 1010 g/mol. The number of amides is 1. The van der Waals surface area contributed by atoms with Gasteiger partial charge in [0.05, 0.1) is 42.2 Å². The van der Waals surface area contributed by atoms with E-state index in [1.54, 1.807) is 23.6 Å². The quantitative estimate of drug-likeness (QED) is 0.0611. The molecule has 2 aromatic heterocycles. The summed E-state index contributed by atoms with van der Waals surface area (Å²) in [4.78, 5) is 48.5. The summed E-state index contributed by atoms with van der Waals surface area (Å²) >= 11 is 0. The first-order valence-electron chi connectivity index (χ1n) is 23.4. The number of pyridine rings is 2. The van der Waals surface area contributed by atoms with Gasteiger partial charge in [0.25, 0.3) is 5.56 Å². The Morgan fingerprint density at radius 3 is 2.23 bits per heavy atom. The molecule has 6 aliphatic rings. The Kier molecular flexibility index (Phi) is 15.4. The van der Waals surface area contributed by atoms with Gasteiger partial charge in [0.1, 0.15) is 55.6 Å². The summed E-state index contributed by atoms with van der Waals surface area (Å²) in [6.45, 7) is 4.77. The van der Waals surface area contributed by atoms with Crippen molar-refractivity contribution in [2.75, 3.05) is 46.0 Å². The maximum absolute atomic E-state index is 13.6. The lowest BCUT2D eigenvalue weighted by molar-refractivity contribution is -0.382. The van der Waals surface area contributed by atoms with Crippen LogP contribution in [-0.4, -0.2) is 192 Å². The molecule has 3 aromatic rings. The number of hydrogen-bond donors (Lipinski definition) is 9. The van der Waals surface area contributed by atoms with Gasteiger partial charge in [-0.1, -0.05) is 20.3 Å². The Hall–Kier alpha value is -4.29. The van der Waals surface area contributed by atoms with Crippen molar-refractivity contribution in [1.29, 1.82) is 0 Å². The number of rotatable bonds is 11. The number of nitrogens with zero attached hydrogens (tertiary/aromatic N) is 4. The molecule has 25 heteroatoms. The SMILES string of the molecule is CCc1c2c(nc3ccc(OC(=O)N4CCC(N5CCCCC5)CC4)cc13)-c1cc3c(c(=O)n1C2)COC(=O)[C@]3(O)CC.O=S(=O)(O)O[C@H]1[C@H](O)[C@@H](CO)O[C@@]1(CO)O[C@H]1O[C@H](CO)[C@@H](O)[C@H](O)[C@H]1O. The van der Waals surface area contributed by atoms with Crippen LogP contribution in [0.2, 0.25) is 0 Å². The normalized spacial score (nSPS) is 31.4. The Morgan fingerprint density at radius 2 is 1.60 bits per heavy atom. The Morgan fingerprint density at radius 1 is 0.900 bits per heavy atom. The Balaban J connectivity index is 0.000000211. The molecule has 8 heterocycles. The highest BCUT2D eigenvalue weighted by Gasteiger charge is 2.61. The number of ether oxygens (including phenoxy) is 5. The second-order valence-electron chi connectivity index (χ2n) is 18.3. The smallest absolute Gasteiger partial charge is 0.415 e.